The topological polar surface area (TPSA) is 78.8 Å². The maximum absolute atomic E-state index is 10.5. The molecule has 0 unspecified atom stereocenters. The molecule has 5 heteroatoms. The van der Waals surface area contributed by atoms with Gasteiger partial charge in [0.05, 0.1) is 12.3 Å². The number of carbonyl (C=O) groups excluding carboxylic acids is 1. The van der Waals surface area contributed by atoms with Crippen molar-refractivity contribution in [3.8, 4) is 0 Å². The fourth-order valence-corrected chi connectivity index (χ4v) is 0.534. The molecule has 0 aliphatic carbocycles. The molecule has 2 N–H and O–H groups in total. The van der Waals surface area contributed by atoms with Crippen LogP contribution in [0.15, 0.2) is 30.4 Å². The van der Waals surface area contributed by atoms with Gasteiger partial charge in [-0.05, 0) is 6.08 Å². The molecule has 0 rings (SSSR count). The second kappa shape index (κ2) is 5.70. The zero-order valence-electron chi connectivity index (χ0n) is 6.99. The van der Waals surface area contributed by atoms with Crippen molar-refractivity contribution in [3.05, 3.63) is 25.4 Å². The number of aliphatic imine (C=N–C) groups is 1. The molecule has 70 valence electrons. The molecule has 0 aromatic rings. The zero-order valence-corrected chi connectivity index (χ0v) is 6.99. The van der Waals surface area contributed by atoms with E-state index in [0.717, 1.165) is 0 Å². The Bertz CT molecular complexity index is 269. The van der Waals surface area contributed by atoms with Crippen LogP contribution in [0.4, 0.5) is 0 Å². The second-order valence-electron chi connectivity index (χ2n) is 1.99. The molecule has 5 nitrogen and oxygen atoms in total. The Kier molecular flexibility index (Phi) is 4.87. The summed E-state index contributed by atoms with van der Waals surface area (Å²) in [6.45, 7) is 6.80. The third kappa shape index (κ3) is 4.52. The molecule has 0 heterocycles. The normalized spacial score (nSPS) is 10.3. The lowest BCUT2D eigenvalue weighted by Gasteiger charge is -2.00. The van der Waals surface area contributed by atoms with Crippen LogP contribution in [-0.4, -0.2) is 29.2 Å². The number of amides is 1. The predicted molar refractivity (Wildman–Crippen MR) is 48.5 cm³/mol. The van der Waals surface area contributed by atoms with Gasteiger partial charge in [-0.25, -0.2) is 4.79 Å². The van der Waals surface area contributed by atoms with E-state index in [2.05, 4.69) is 23.5 Å². The largest absolute Gasteiger partial charge is 0.474 e. The van der Waals surface area contributed by atoms with Crippen molar-refractivity contribution in [2.75, 3.05) is 6.54 Å². The monoisotopic (exact) mass is 182 g/mol. The fraction of sp³-hybridized carbons (Fsp3) is 0.125. The summed E-state index contributed by atoms with van der Waals surface area (Å²) < 4.78 is 0. The van der Waals surface area contributed by atoms with E-state index in [1.54, 1.807) is 0 Å². The van der Waals surface area contributed by atoms with E-state index in [0.29, 0.717) is 5.71 Å². The Labute approximate surface area is 75.5 Å². The van der Waals surface area contributed by atoms with Crippen LogP contribution in [0.3, 0.4) is 0 Å². The Hall–Kier alpha value is -1.91. The number of carboxylic acid groups (broad SMARTS) is 1. The highest BCUT2D eigenvalue weighted by molar-refractivity contribution is 6.32. The van der Waals surface area contributed by atoms with Crippen molar-refractivity contribution in [1.82, 2.24) is 5.32 Å². The predicted octanol–water partition coefficient (Wildman–Crippen LogP) is -0.0423. The van der Waals surface area contributed by atoms with Crippen molar-refractivity contribution < 1.29 is 14.7 Å². The summed E-state index contributed by atoms with van der Waals surface area (Å²) in [5.74, 6) is -2.60. The van der Waals surface area contributed by atoms with Gasteiger partial charge < -0.3 is 10.4 Å². The number of nitrogens with one attached hydrogen (secondary N) is 1. The average molecular weight is 182 g/mol. The highest BCUT2D eigenvalue weighted by Gasteiger charge is 2.09. The standard InChI is InChI=1S/C8H10N2O3/c1-3-6(9-4-2)5-10-7(11)8(12)13/h3-4H,1-2,5H2,(H,10,11)(H,12,13). The minimum absolute atomic E-state index is 0.0284. The molecule has 0 aromatic carbocycles. The van der Waals surface area contributed by atoms with E-state index >= 15 is 0 Å². The Morgan fingerprint density at radius 2 is 2.08 bits per heavy atom. The number of hydrogen-bond acceptors (Lipinski definition) is 3. The van der Waals surface area contributed by atoms with Crippen LogP contribution < -0.4 is 5.32 Å². The third-order valence-corrected chi connectivity index (χ3v) is 1.12. The van der Waals surface area contributed by atoms with E-state index in [1.807, 2.05) is 0 Å². The van der Waals surface area contributed by atoms with Crippen molar-refractivity contribution in [2.24, 2.45) is 4.99 Å². The first-order valence-corrected chi connectivity index (χ1v) is 3.43. The lowest BCUT2D eigenvalue weighted by atomic mass is 10.3. The smallest absolute Gasteiger partial charge is 0.394 e. The summed E-state index contributed by atoms with van der Waals surface area (Å²) in [5.41, 5.74) is 0.449. The van der Waals surface area contributed by atoms with Crippen molar-refractivity contribution in [3.63, 3.8) is 0 Å². The molecule has 0 spiro atoms. The van der Waals surface area contributed by atoms with Crippen molar-refractivity contribution in [1.29, 1.82) is 0 Å². The summed E-state index contributed by atoms with van der Waals surface area (Å²) in [4.78, 5) is 24.3. The minimum atomic E-state index is -1.53. The molecule has 0 saturated carbocycles. The zero-order chi connectivity index (χ0) is 10.3. The number of nitrogens with zero attached hydrogens (tertiary/aromatic N) is 1. The van der Waals surface area contributed by atoms with E-state index in [9.17, 15) is 9.59 Å². The third-order valence-electron chi connectivity index (χ3n) is 1.12. The van der Waals surface area contributed by atoms with Gasteiger partial charge in [-0.2, -0.15) is 0 Å². The molecule has 0 aliphatic rings. The summed E-state index contributed by atoms with van der Waals surface area (Å²) in [7, 11) is 0. The minimum Gasteiger partial charge on any atom is -0.474 e. The van der Waals surface area contributed by atoms with E-state index in [1.165, 1.54) is 12.3 Å². The first kappa shape index (κ1) is 11.1. The number of carboxylic acids is 1. The van der Waals surface area contributed by atoms with Crippen LogP contribution in [0, 0.1) is 0 Å². The molecule has 0 aliphatic heterocycles. The SMILES string of the molecule is C=CN=C(C=C)CNC(=O)C(=O)O. The average Bonchev–Trinajstić information content (AvgIpc) is 2.11. The van der Waals surface area contributed by atoms with Gasteiger partial charge in [-0.3, -0.25) is 9.79 Å². The molecule has 0 aromatic heterocycles. The molecule has 0 bridgehead atoms. The summed E-state index contributed by atoms with van der Waals surface area (Å²) in [6.07, 6.45) is 2.69. The quantitative estimate of drug-likeness (QED) is 0.473. The Balaban J connectivity index is 4.07. The van der Waals surface area contributed by atoms with Gasteiger partial charge in [0, 0.05) is 6.20 Å². The molecule has 0 radical (unpaired) electrons. The molecular formula is C8H10N2O3. The molecule has 1 amide bonds. The van der Waals surface area contributed by atoms with Gasteiger partial charge >= 0.3 is 11.9 Å². The Morgan fingerprint density at radius 1 is 1.46 bits per heavy atom. The van der Waals surface area contributed by atoms with Crippen LogP contribution >= 0.6 is 0 Å². The number of aliphatic carboxylic acids is 1. The second-order valence-corrected chi connectivity index (χ2v) is 1.99. The van der Waals surface area contributed by atoms with Crippen molar-refractivity contribution in [2.45, 2.75) is 0 Å². The van der Waals surface area contributed by atoms with Crippen LogP contribution in [-0.2, 0) is 9.59 Å². The lowest BCUT2D eigenvalue weighted by Crippen LogP contribution is -2.34. The van der Waals surface area contributed by atoms with Crippen LogP contribution in [0.2, 0.25) is 0 Å². The summed E-state index contributed by atoms with van der Waals surface area (Å²) in [5, 5.41) is 10.3. The number of carbonyl (C=O) groups is 2. The van der Waals surface area contributed by atoms with Crippen LogP contribution in [0.1, 0.15) is 0 Å². The van der Waals surface area contributed by atoms with Gasteiger partial charge in [0.25, 0.3) is 0 Å². The van der Waals surface area contributed by atoms with Crippen LogP contribution in [0.25, 0.3) is 0 Å². The van der Waals surface area contributed by atoms with Gasteiger partial charge in [-0.15, -0.1) is 0 Å². The number of hydrogen-bond donors (Lipinski definition) is 2. The lowest BCUT2D eigenvalue weighted by molar-refractivity contribution is -0.150. The fourth-order valence-electron chi connectivity index (χ4n) is 0.534. The summed E-state index contributed by atoms with van der Waals surface area (Å²) >= 11 is 0. The molecule has 0 fully saturated rings. The van der Waals surface area contributed by atoms with Gasteiger partial charge in [0.15, 0.2) is 0 Å². The molecular weight excluding hydrogens is 172 g/mol. The molecule has 13 heavy (non-hydrogen) atoms. The highest BCUT2D eigenvalue weighted by Crippen LogP contribution is 1.80. The van der Waals surface area contributed by atoms with E-state index in [-0.39, 0.29) is 6.54 Å². The first-order valence-electron chi connectivity index (χ1n) is 3.43. The highest BCUT2D eigenvalue weighted by atomic mass is 16.4. The van der Waals surface area contributed by atoms with Crippen LogP contribution in [0.5, 0.6) is 0 Å². The van der Waals surface area contributed by atoms with Crippen molar-refractivity contribution >= 4 is 17.6 Å². The van der Waals surface area contributed by atoms with Gasteiger partial charge in [-0.1, -0.05) is 13.2 Å². The molecule has 0 saturated heterocycles. The number of rotatable bonds is 4. The Morgan fingerprint density at radius 3 is 2.46 bits per heavy atom. The van der Waals surface area contributed by atoms with E-state index < -0.39 is 11.9 Å². The van der Waals surface area contributed by atoms with Gasteiger partial charge in [0.1, 0.15) is 0 Å². The van der Waals surface area contributed by atoms with Gasteiger partial charge in [0.2, 0.25) is 0 Å². The maximum Gasteiger partial charge on any atom is 0.394 e. The molecule has 0 atom stereocenters. The van der Waals surface area contributed by atoms with E-state index in [4.69, 9.17) is 5.11 Å². The maximum atomic E-state index is 10.5. The first-order chi connectivity index (χ1) is 6.11. The summed E-state index contributed by atoms with van der Waals surface area (Å²) in [6, 6.07) is 0.